The molecule has 8 heteroatoms. The molecule has 1 amide bonds. The van der Waals surface area contributed by atoms with Crippen LogP contribution in [0, 0.1) is 0 Å². The predicted octanol–water partition coefficient (Wildman–Crippen LogP) is 4.36. The molecule has 1 fully saturated rings. The summed E-state index contributed by atoms with van der Waals surface area (Å²) in [6.45, 7) is 12.3. The van der Waals surface area contributed by atoms with Gasteiger partial charge in [0.05, 0.1) is 0 Å². The Balaban J connectivity index is 1.36. The van der Waals surface area contributed by atoms with E-state index >= 15 is 0 Å². The molecule has 0 aliphatic carbocycles. The second-order valence-electron chi connectivity index (χ2n) is 9.04. The lowest BCUT2D eigenvalue weighted by Crippen LogP contribution is -2.46. The monoisotopic (exact) mass is 490 g/mol. The van der Waals surface area contributed by atoms with Crippen LogP contribution in [-0.2, 0) is 12.3 Å². The maximum absolute atomic E-state index is 12.5. The van der Waals surface area contributed by atoms with Crippen LogP contribution < -0.4 is 10.2 Å². The number of hydrogen-bond acceptors (Lipinski definition) is 7. The summed E-state index contributed by atoms with van der Waals surface area (Å²) >= 11 is 1.64. The van der Waals surface area contributed by atoms with E-state index in [2.05, 4.69) is 46.9 Å². The number of nitrogens with zero attached hydrogens (tertiary/aromatic N) is 5. The van der Waals surface area contributed by atoms with Crippen LogP contribution >= 0.6 is 11.8 Å². The van der Waals surface area contributed by atoms with Crippen molar-refractivity contribution in [3.05, 3.63) is 77.2 Å². The van der Waals surface area contributed by atoms with Crippen molar-refractivity contribution in [2.75, 3.05) is 37.6 Å². The van der Waals surface area contributed by atoms with E-state index < -0.39 is 0 Å². The number of pyridine rings is 1. The van der Waals surface area contributed by atoms with Crippen molar-refractivity contribution in [1.82, 2.24) is 25.2 Å². The topological polar surface area (TPSA) is 74.2 Å². The summed E-state index contributed by atoms with van der Waals surface area (Å²) in [6, 6.07) is 13.7. The molecule has 1 aromatic carbocycles. The molecule has 1 saturated heterocycles. The molecule has 35 heavy (non-hydrogen) atoms. The lowest BCUT2D eigenvalue weighted by Gasteiger charge is -2.35. The van der Waals surface area contributed by atoms with Crippen LogP contribution in [0.2, 0.25) is 0 Å². The first-order chi connectivity index (χ1) is 17.0. The van der Waals surface area contributed by atoms with Crippen molar-refractivity contribution < 1.29 is 4.79 Å². The first-order valence-electron chi connectivity index (χ1n) is 12.3. The number of nitrogens with one attached hydrogen (secondary N) is 1. The molecule has 0 atom stereocenters. The normalized spacial score (nSPS) is 14.3. The van der Waals surface area contributed by atoms with Crippen molar-refractivity contribution in [3.8, 4) is 0 Å². The average Bonchev–Trinajstić information content (AvgIpc) is 2.91. The van der Waals surface area contributed by atoms with Gasteiger partial charge in [0, 0.05) is 68.2 Å². The molecule has 0 spiro atoms. The number of thioether (sulfide) groups is 1. The molecule has 4 rings (SSSR count). The molecule has 1 aliphatic heterocycles. The number of likely N-dealkylation sites (N-methyl/N-ethyl adjacent to an activating group) is 1. The number of anilines is 1. The number of benzene rings is 1. The minimum Gasteiger partial charge on any atom is -0.354 e. The third-order valence-electron chi connectivity index (χ3n) is 6.21. The average molecular weight is 491 g/mol. The summed E-state index contributed by atoms with van der Waals surface area (Å²) in [5.74, 6) is 2.04. The molecule has 7 nitrogen and oxygen atoms in total. The van der Waals surface area contributed by atoms with Crippen molar-refractivity contribution in [2.24, 2.45) is 0 Å². The third-order valence-corrected chi connectivity index (χ3v) is 7.13. The molecule has 1 N–H and O–H groups in total. The highest BCUT2D eigenvalue weighted by atomic mass is 32.2. The highest BCUT2D eigenvalue weighted by Gasteiger charge is 2.19. The second kappa shape index (κ2) is 12.1. The molecular weight excluding hydrogens is 456 g/mol. The van der Waals surface area contributed by atoms with Gasteiger partial charge in [-0.2, -0.15) is 0 Å². The van der Waals surface area contributed by atoms with Gasteiger partial charge in [-0.1, -0.05) is 50.7 Å². The minimum atomic E-state index is -0.0890. The standard InChI is InChI=1S/C27H34N6OS/c1-4-32-12-14-33(15-13-32)25-16-24(20(2)3)30-27(31-25)35-19-21-7-9-23(10-8-21)26(34)29-18-22-6-5-11-28-17-22/h5-11,16-17,20H,4,12-15,18-19H2,1-3H3,(H,29,34). The first kappa shape index (κ1) is 25.1. The summed E-state index contributed by atoms with van der Waals surface area (Å²) in [5.41, 5.74) is 3.84. The highest BCUT2D eigenvalue weighted by molar-refractivity contribution is 7.98. The zero-order chi connectivity index (χ0) is 24.6. The number of amides is 1. The predicted molar refractivity (Wildman–Crippen MR) is 142 cm³/mol. The van der Waals surface area contributed by atoms with Gasteiger partial charge in [0.1, 0.15) is 5.82 Å². The number of aromatic nitrogens is 3. The van der Waals surface area contributed by atoms with Gasteiger partial charge in [-0.3, -0.25) is 9.78 Å². The van der Waals surface area contributed by atoms with E-state index in [0.29, 0.717) is 18.0 Å². The number of rotatable bonds is 9. The third kappa shape index (κ3) is 7.02. The van der Waals surface area contributed by atoms with Gasteiger partial charge in [-0.05, 0) is 41.8 Å². The van der Waals surface area contributed by atoms with Gasteiger partial charge in [-0.15, -0.1) is 0 Å². The van der Waals surface area contributed by atoms with E-state index in [1.54, 1.807) is 24.2 Å². The number of carbonyl (C=O) groups is 1. The van der Waals surface area contributed by atoms with E-state index in [0.717, 1.165) is 66.3 Å². The van der Waals surface area contributed by atoms with Gasteiger partial charge in [0.15, 0.2) is 5.16 Å². The summed E-state index contributed by atoms with van der Waals surface area (Å²) in [4.78, 5) is 31.1. The largest absolute Gasteiger partial charge is 0.354 e. The van der Waals surface area contributed by atoms with Gasteiger partial charge < -0.3 is 15.1 Å². The zero-order valence-electron chi connectivity index (χ0n) is 20.8. The lowest BCUT2D eigenvalue weighted by molar-refractivity contribution is 0.0951. The van der Waals surface area contributed by atoms with E-state index in [-0.39, 0.29) is 5.91 Å². The maximum Gasteiger partial charge on any atom is 0.251 e. The zero-order valence-corrected chi connectivity index (χ0v) is 21.6. The van der Waals surface area contributed by atoms with E-state index in [4.69, 9.17) is 9.97 Å². The highest BCUT2D eigenvalue weighted by Crippen LogP contribution is 2.26. The number of carbonyl (C=O) groups excluding carboxylic acids is 1. The quantitative estimate of drug-likeness (QED) is 0.353. The van der Waals surface area contributed by atoms with E-state index in [1.165, 1.54) is 0 Å². The first-order valence-corrected chi connectivity index (χ1v) is 13.3. The maximum atomic E-state index is 12.5. The van der Waals surface area contributed by atoms with Crippen molar-refractivity contribution in [3.63, 3.8) is 0 Å². The summed E-state index contributed by atoms with van der Waals surface area (Å²) in [7, 11) is 0. The molecule has 0 radical (unpaired) electrons. The molecule has 2 aromatic heterocycles. The van der Waals surface area contributed by atoms with Gasteiger partial charge in [0.2, 0.25) is 0 Å². The second-order valence-corrected chi connectivity index (χ2v) is 9.98. The number of hydrogen-bond donors (Lipinski definition) is 1. The van der Waals surface area contributed by atoms with Crippen LogP contribution in [0.3, 0.4) is 0 Å². The molecule has 3 aromatic rings. The Bertz CT molecular complexity index is 1100. The summed E-state index contributed by atoms with van der Waals surface area (Å²) in [6.07, 6.45) is 3.48. The van der Waals surface area contributed by atoms with Gasteiger partial charge in [-0.25, -0.2) is 9.97 Å². The Labute approximate surface area is 212 Å². The van der Waals surface area contributed by atoms with E-state index in [9.17, 15) is 4.79 Å². The lowest BCUT2D eigenvalue weighted by atomic mass is 10.1. The molecule has 3 heterocycles. The molecular formula is C27H34N6OS. The van der Waals surface area contributed by atoms with Crippen LogP contribution in [0.25, 0.3) is 0 Å². The van der Waals surface area contributed by atoms with Crippen molar-refractivity contribution in [1.29, 1.82) is 0 Å². The molecule has 0 unspecified atom stereocenters. The molecule has 0 saturated carbocycles. The van der Waals surface area contributed by atoms with Crippen molar-refractivity contribution in [2.45, 2.75) is 44.1 Å². The van der Waals surface area contributed by atoms with Crippen LogP contribution in [-0.4, -0.2) is 58.5 Å². The fourth-order valence-corrected chi connectivity index (χ4v) is 4.75. The SMILES string of the molecule is CCN1CCN(c2cc(C(C)C)nc(SCc3ccc(C(=O)NCc4cccnc4)cc3)n2)CC1. The number of piperazine rings is 1. The van der Waals surface area contributed by atoms with Crippen LogP contribution in [0.5, 0.6) is 0 Å². The Morgan fingerprint density at radius 1 is 1.06 bits per heavy atom. The fourth-order valence-electron chi connectivity index (χ4n) is 3.93. The Hall–Kier alpha value is -2.97. The van der Waals surface area contributed by atoms with E-state index in [1.807, 2.05) is 36.4 Å². The molecule has 0 bridgehead atoms. The smallest absolute Gasteiger partial charge is 0.251 e. The molecule has 184 valence electrons. The van der Waals surface area contributed by atoms with Crippen LogP contribution in [0.4, 0.5) is 5.82 Å². The van der Waals surface area contributed by atoms with Gasteiger partial charge >= 0.3 is 0 Å². The van der Waals surface area contributed by atoms with Crippen LogP contribution in [0.15, 0.2) is 60.0 Å². The van der Waals surface area contributed by atoms with Crippen LogP contribution in [0.1, 0.15) is 53.9 Å². The Morgan fingerprint density at radius 2 is 1.83 bits per heavy atom. The summed E-state index contributed by atoms with van der Waals surface area (Å²) in [5, 5.41) is 3.75. The molecule has 1 aliphatic rings. The Kier molecular flexibility index (Phi) is 8.71. The summed E-state index contributed by atoms with van der Waals surface area (Å²) < 4.78 is 0. The fraction of sp³-hybridized carbons (Fsp3) is 0.407. The van der Waals surface area contributed by atoms with Gasteiger partial charge in [0.25, 0.3) is 5.91 Å². The van der Waals surface area contributed by atoms with Crippen molar-refractivity contribution >= 4 is 23.5 Å². The minimum absolute atomic E-state index is 0.0890. The Morgan fingerprint density at radius 3 is 2.49 bits per heavy atom.